The minimum absolute atomic E-state index is 0.512. The normalized spacial score (nSPS) is 45.6. The summed E-state index contributed by atoms with van der Waals surface area (Å²) in [5, 5.41) is 0. The van der Waals surface area contributed by atoms with Crippen LogP contribution in [0.25, 0.3) is 0 Å². The lowest BCUT2D eigenvalue weighted by Gasteiger charge is -2.41. The quantitative estimate of drug-likeness (QED) is 0.753. The molecule has 0 radical (unpaired) electrons. The van der Waals surface area contributed by atoms with Crippen LogP contribution < -0.4 is 5.73 Å². The highest BCUT2D eigenvalue weighted by molar-refractivity contribution is 4.88. The molecule has 2 fully saturated rings. The summed E-state index contributed by atoms with van der Waals surface area (Å²) < 4.78 is 0. The van der Waals surface area contributed by atoms with Gasteiger partial charge in [0.25, 0.3) is 0 Å². The van der Waals surface area contributed by atoms with Crippen molar-refractivity contribution in [1.29, 1.82) is 0 Å². The second kappa shape index (κ2) is 5.53. The Balaban J connectivity index is 1.94. The molecular weight excluding hydrogens is 194 g/mol. The first-order valence-electron chi connectivity index (χ1n) is 7.46. The fraction of sp³-hybridized carbons (Fsp3) is 1.00. The molecule has 5 atom stereocenters. The summed E-state index contributed by atoms with van der Waals surface area (Å²) in [6.45, 7) is 4.78. The maximum atomic E-state index is 6.37. The lowest BCUT2D eigenvalue weighted by Crippen LogP contribution is -2.41. The van der Waals surface area contributed by atoms with Crippen LogP contribution >= 0.6 is 0 Å². The summed E-state index contributed by atoms with van der Waals surface area (Å²) in [6, 6.07) is 0.512. The highest BCUT2D eigenvalue weighted by Gasteiger charge is 2.34. The molecule has 0 aromatic heterocycles. The van der Waals surface area contributed by atoms with Crippen LogP contribution in [0.4, 0.5) is 0 Å². The van der Waals surface area contributed by atoms with Gasteiger partial charge in [0.2, 0.25) is 0 Å². The monoisotopic (exact) mass is 223 g/mol. The van der Waals surface area contributed by atoms with Gasteiger partial charge in [-0.3, -0.25) is 0 Å². The Morgan fingerprint density at radius 3 is 2.56 bits per heavy atom. The summed E-state index contributed by atoms with van der Waals surface area (Å²) in [7, 11) is 0. The molecule has 2 aliphatic carbocycles. The number of hydrogen-bond acceptors (Lipinski definition) is 1. The maximum Gasteiger partial charge on any atom is 0.00700 e. The van der Waals surface area contributed by atoms with E-state index in [4.69, 9.17) is 5.73 Å². The van der Waals surface area contributed by atoms with Crippen LogP contribution in [0.1, 0.15) is 65.2 Å². The van der Waals surface area contributed by atoms with E-state index in [2.05, 4.69) is 13.8 Å². The standard InChI is InChI=1S/C15H29N/c1-3-12-7-8-15(16)14(10-12)13-6-4-5-11(2)9-13/h11-15H,3-10,16H2,1-2H3. The Morgan fingerprint density at radius 1 is 1.06 bits per heavy atom. The summed E-state index contributed by atoms with van der Waals surface area (Å²) in [4.78, 5) is 0. The molecule has 2 saturated carbocycles. The highest BCUT2D eigenvalue weighted by Crippen LogP contribution is 2.41. The van der Waals surface area contributed by atoms with Gasteiger partial charge in [0.05, 0.1) is 0 Å². The van der Waals surface area contributed by atoms with E-state index in [-0.39, 0.29) is 0 Å². The van der Waals surface area contributed by atoms with Crippen molar-refractivity contribution in [2.75, 3.05) is 0 Å². The Bertz CT molecular complexity index is 213. The average molecular weight is 223 g/mol. The van der Waals surface area contributed by atoms with E-state index in [1.54, 1.807) is 0 Å². The van der Waals surface area contributed by atoms with Crippen LogP contribution in [0.3, 0.4) is 0 Å². The summed E-state index contributed by atoms with van der Waals surface area (Å²) >= 11 is 0. The largest absolute Gasteiger partial charge is 0.327 e. The van der Waals surface area contributed by atoms with Gasteiger partial charge >= 0.3 is 0 Å². The van der Waals surface area contributed by atoms with E-state index >= 15 is 0 Å². The lowest BCUT2D eigenvalue weighted by molar-refractivity contribution is 0.117. The molecule has 5 unspecified atom stereocenters. The Kier molecular flexibility index (Phi) is 4.29. The molecule has 0 aromatic carbocycles. The third-order valence-corrected chi connectivity index (χ3v) is 5.22. The van der Waals surface area contributed by atoms with Gasteiger partial charge in [-0.25, -0.2) is 0 Å². The van der Waals surface area contributed by atoms with Crippen LogP contribution in [0.15, 0.2) is 0 Å². The molecule has 16 heavy (non-hydrogen) atoms. The van der Waals surface area contributed by atoms with Crippen molar-refractivity contribution in [2.24, 2.45) is 29.4 Å². The molecule has 0 aromatic rings. The number of hydrogen-bond donors (Lipinski definition) is 1. The van der Waals surface area contributed by atoms with Gasteiger partial charge < -0.3 is 5.73 Å². The van der Waals surface area contributed by atoms with E-state index in [1.807, 2.05) is 0 Å². The first-order valence-corrected chi connectivity index (χ1v) is 7.46. The fourth-order valence-corrected chi connectivity index (χ4v) is 4.10. The zero-order valence-electron chi connectivity index (χ0n) is 11.1. The van der Waals surface area contributed by atoms with Crippen LogP contribution in [-0.2, 0) is 0 Å². The predicted octanol–water partition coefficient (Wildman–Crippen LogP) is 3.97. The first-order chi connectivity index (χ1) is 7.70. The summed E-state index contributed by atoms with van der Waals surface area (Å²) in [5.74, 6) is 3.73. The third kappa shape index (κ3) is 2.80. The smallest absolute Gasteiger partial charge is 0.00700 e. The van der Waals surface area contributed by atoms with Gasteiger partial charge in [-0.05, 0) is 49.4 Å². The van der Waals surface area contributed by atoms with Crippen molar-refractivity contribution in [3.8, 4) is 0 Å². The van der Waals surface area contributed by atoms with Crippen molar-refractivity contribution in [3.63, 3.8) is 0 Å². The van der Waals surface area contributed by atoms with Gasteiger partial charge in [-0.2, -0.15) is 0 Å². The third-order valence-electron chi connectivity index (χ3n) is 5.22. The zero-order chi connectivity index (χ0) is 11.5. The van der Waals surface area contributed by atoms with Gasteiger partial charge in [0, 0.05) is 6.04 Å². The van der Waals surface area contributed by atoms with Gasteiger partial charge in [-0.15, -0.1) is 0 Å². The van der Waals surface area contributed by atoms with Crippen molar-refractivity contribution < 1.29 is 0 Å². The molecular formula is C15H29N. The topological polar surface area (TPSA) is 26.0 Å². The molecule has 1 nitrogen and oxygen atoms in total. The molecule has 94 valence electrons. The number of nitrogens with two attached hydrogens (primary N) is 1. The summed E-state index contributed by atoms with van der Waals surface area (Å²) in [5.41, 5.74) is 6.37. The van der Waals surface area contributed by atoms with E-state index in [0.29, 0.717) is 6.04 Å². The predicted molar refractivity (Wildman–Crippen MR) is 70.2 cm³/mol. The van der Waals surface area contributed by atoms with Crippen molar-refractivity contribution in [2.45, 2.75) is 71.3 Å². The van der Waals surface area contributed by atoms with Crippen LogP contribution in [-0.4, -0.2) is 6.04 Å². The molecule has 2 aliphatic rings. The molecule has 0 heterocycles. The highest BCUT2D eigenvalue weighted by atomic mass is 14.7. The zero-order valence-corrected chi connectivity index (χ0v) is 11.1. The average Bonchev–Trinajstić information content (AvgIpc) is 2.30. The fourth-order valence-electron chi connectivity index (χ4n) is 4.10. The molecule has 2 rings (SSSR count). The summed E-state index contributed by atoms with van der Waals surface area (Å²) in [6.07, 6.45) is 11.3. The van der Waals surface area contributed by atoms with E-state index in [1.165, 1.54) is 51.4 Å². The van der Waals surface area contributed by atoms with Crippen molar-refractivity contribution in [3.05, 3.63) is 0 Å². The van der Waals surface area contributed by atoms with E-state index in [0.717, 1.165) is 23.7 Å². The molecule has 0 spiro atoms. The first kappa shape index (κ1) is 12.4. The molecule has 0 amide bonds. The van der Waals surface area contributed by atoms with Crippen molar-refractivity contribution >= 4 is 0 Å². The van der Waals surface area contributed by atoms with Gasteiger partial charge in [0.15, 0.2) is 0 Å². The van der Waals surface area contributed by atoms with Gasteiger partial charge in [-0.1, -0.05) is 39.5 Å². The SMILES string of the molecule is CCC1CCC(N)C(C2CCCC(C)C2)C1. The molecule has 1 heteroatoms. The molecule has 0 bridgehead atoms. The lowest BCUT2D eigenvalue weighted by atomic mass is 9.66. The maximum absolute atomic E-state index is 6.37. The van der Waals surface area contributed by atoms with Crippen LogP contribution in [0, 0.1) is 23.7 Å². The minimum atomic E-state index is 0.512. The number of rotatable bonds is 2. The second-order valence-corrected chi connectivity index (χ2v) is 6.45. The molecule has 0 saturated heterocycles. The second-order valence-electron chi connectivity index (χ2n) is 6.45. The van der Waals surface area contributed by atoms with Gasteiger partial charge in [0.1, 0.15) is 0 Å². The van der Waals surface area contributed by atoms with Crippen LogP contribution in [0.2, 0.25) is 0 Å². The Labute approximate surface area is 101 Å². The molecule has 2 N–H and O–H groups in total. The van der Waals surface area contributed by atoms with E-state index in [9.17, 15) is 0 Å². The minimum Gasteiger partial charge on any atom is -0.327 e. The van der Waals surface area contributed by atoms with Crippen molar-refractivity contribution in [1.82, 2.24) is 0 Å². The van der Waals surface area contributed by atoms with E-state index < -0.39 is 0 Å². The molecule has 0 aliphatic heterocycles. The van der Waals surface area contributed by atoms with Crippen LogP contribution in [0.5, 0.6) is 0 Å². The Hall–Kier alpha value is -0.0400. The Morgan fingerprint density at radius 2 is 1.88 bits per heavy atom.